The number of benzene rings is 1. The molecule has 4 unspecified atom stereocenters. The monoisotopic (exact) mass is 691 g/mol. The van der Waals surface area contributed by atoms with Gasteiger partial charge in [-0.2, -0.15) is 0 Å². The van der Waals surface area contributed by atoms with Gasteiger partial charge in [-0.05, 0) is 63.5 Å². The Morgan fingerprint density at radius 1 is 0.592 bits per heavy atom. The summed E-state index contributed by atoms with van der Waals surface area (Å²) in [6, 6.07) is 7.13. The van der Waals surface area contributed by atoms with Crippen LogP contribution in [0, 0.1) is 0 Å². The van der Waals surface area contributed by atoms with Crippen LogP contribution in [0.3, 0.4) is 0 Å². The van der Waals surface area contributed by atoms with Crippen molar-refractivity contribution >= 4 is 11.8 Å². The second-order valence-corrected chi connectivity index (χ2v) is 13.1. The first kappa shape index (κ1) is 38.0. The van der Waals surface area contributed by atoms with Crippen LogP contribution in [0.1, 0.15) is 72.1 Å². The maximum atomic E-state index is 14.4. The lowest BCUT2D eigenvalue weighted by Gasteiger charge is -2.36. The van der Waals surface area contributed by atoms with Crippen LogP contribution in [-0.2, 0) is 37.9 Å². The Bertz CT molecular complexity index is 1070. The van der Waals surface area contributed by atoms with E-state index in [0.717, 1.165) is 77.8 Å². The van der Waals surface area contributed by atoms with E-state index in [-0.39, 0.29) is 36.2 Å². The van der Waals surface area contributed by atoms with Crippen LogP contribution in [0.15, 0.2) is 24.3 Å². The molecule has 0 bridgehead atoms. The molecule has 4 aliphatic rings. The minimum atomic E-state index is -0.243. The number of ether oxygens (including phenoxy) is 8. The Labute approximate surface area is 291 Å². The van der Waals surface area contributed by atoms with Crippen molar-refractivity contribution in [3.63, 3.8) is 0 Å². The third kappa shape index (κ3) is 16.1. The summed E-state index contributed by atoms with van der Waals surface area (Å²) in [5.74, 6) is -0.412. The van der Waals surface area contributed by atoms with Gasteiger partial charge in [0.25, 0.3) is 11.8 Å². The molecule has 4 saturated heterocycles. The summed E-state index contributed by atoms with van der Waals surface area (Å²) in [7, 11) is 0. The smallest absolute Gasteiger partial charge is 0.268 e. The first-order valence-electron chi connectivity index (χ1n) is 18.4. The Morgan fingerprint density at radius 2 is 1.00 bits per heavy atom. The number of hydrogen-bond acceptors (Lipinski definition) is 11. The lowest BCUT2D eigenvalue weighted by Crippen LogP contribution is -2.48. The van der Waals surface area contributed by atoms with Crippen molar-refractivity contribution < 1.29 is 47.5 Å². The van der Waals surface area contributed by atoms with Gasteiger partial charge in [-0.3, -0.25) is 14.6 Å². The summed E-state index contributed by atoms with van der Waals surface area (Å²) < 4.78 is 43.8. The van der Waals surface area contributed by atoms with Gasteiger partial charge in [0, 0.05) is 52.6 Å². The molecule has 1 aromatic rings. The second-order valence-electron chi connectivity index (χ2n) is 13.1. The van der Waals surface area contributed by atoms with E-state index in [1.807, 2.05) is 17.1 Å². The van der Waals surface area contributed by atoms with Crippen molar-refractivity contribution in [3.05, 3.63) is 35.4 Å². The van der Waals surface area contributed by atoms with E-state index in [1.54, 1.807) is 12.1 Å². The predicted molar refractivity (Wildman–Crippen MR) is 181 cm³/mol. The number of rotatable bonds is 31. The van der Waals surface area contributed by atoms with E-state index in [2.05, 4.69) is 10.3 Å². The van der Waals surface area contributed by atoms with Crippen molar-refractivity contribution in [3.8, 4) is 0 Å². The number of epoxide rings is 4. The molecule has 4 aliphatic heterocycles. The number of carbonyl (C=O) groups excluding carboxylic acids is 2. The van der Waals surface area contributed by atoms with Crippen molar-refractivity contribution in [2.75, 3.05) is 105 Å². The van der Waals surface area contributed by atoms with Gasteiger partial charge in [0.05, 0.1) is 64.0 Å². The second kappa shape index (κ2) is 21.9. The highest BCUT2D eigenvalue weighted by molar-refractivity contribution is 6.07. The minimum absolute atomic E-state index is 0.169. The lowest BCUT2D eigenvalue weighted by atomic mass is 10.1. The molecule has 2 amide bonds. The summed E-state index contributed by atoms with van der Waals surface area (Å²) in [5.41, 5.74) is 0.791. The third-order valence-corrected chi connectivity index (χ3v) is 8.62. The highest BCUT2D eigenvalue weighted by atomic mass is 16.6. The Kier molecular flexibility index (Phi) is 17.0. The fourth-order valence-corrected chi connectivity index (χ4v) is 5.34. The molecular formula is C36H57N3O10. The number of amides is 2. The summed E-state index contributed by atoms with van der Waals surface area (Å²) in [4.78, 5) is 27.8. The highest BCUT2D eigenvalue weighted by Crippen LogP contribution is 2.18. The van der Waals surface area contributed by atoms with E-state index in [1.165, 1.54) is 0 Å². The van der Waals surface area contributed by atoms with Gasteiger partial charge in [-0.1, -0.05) is 12.1 Å². The third-order valence-electron chi connectivity index (χ3n) is 8.62. The first-order valence-corrected chi connectivity index (χ1v) is 18.4. The SMILES string of the molecule is O=C(NCCCCOCC1CO1)c1ccccc1C(=O)N(CCCCOCC1CO1)N(CCCCOCC1CO1)CCCCOCC1CO1. The minimum Gasteiger partial charge on any atom is -0.379 e. The van der Waals surface area contributed by atoms with Crippen molar-refractivity contribution in [1.29, 1.82) is 0 Å². The molecule has 276 valence electrons. The maximum Gasteiger partial charge on any atom is 0.268 e. The predicted octanol–water partition coefficient (Wildman–Crippen LogP) is 2.86. The molecule has 0 spiro atoms. The molecule has 0 radical (unpaired) electrons. The van der Waals surface area contributed by atoms with E-state index in [0.29, 0.717) is 90.2 Å². The first-order chi connectivity index (χ1) is 24.2. The fraction of sp³-hybridized carbons (Fsp3) is 0.778. The van der Waals surface area contributed by atoms with Gasteiger partial charge in [-0.15, -0.1) is 0 Å². The van der Waals surface area contributed by atoms with Gasteiger partial charge in [0.2, 0.25) is 0 Å². The Hall–Kier alpha value is -2.20. The average molecular weight is 692 g/mol. The standard InChI is InChI=1S/C36H57N3O10/c40-35(37-13-3-7-17-42-21-29-25-46-29)33-11-1-2-12-34(33)36(41)39(16-6-10-20-45-24-32-28-49-32)38(14-4-8-18-43-22-30-26-47-30)15-5-9-19-44-23-31-27-48-31/h1-2,11-12,29-32H,3-10,13-28H2,(H,37,40). The maximum absolute atomic E-state index is 14.4. The zero-order chi connectivity index (χ0) is 33.9. The molecule has 1 aromatic carbocycles. The zero-order valence-electron chi connectivity index (χ0n) is 29.1. The molecule has 0 saturated carbocycles. The molecule has 0 aromatic heterocycles. The number of carbonyl (C=O) groups is 2. The summed E-state index contributed by atoms with van der Waals surface area (Å²) in [6.07, 6.45) is 7.69. The summed E-state index contributed by atoms with van der Waals surface area (Å²) in [6.45, 7) is 10.6. The van der Waals surface area contributed by atoms with Crippen molar-refractivity contribution in [2.45, 2.75) is 75.8 Å². The largest absolute Gasteiger partial charge is 0.379 e. The van der Waals surface area contributed by atoms with E-state index < -0.39 is 0 Å². The van der Waals surface area contributed by atoms with Crippen molar-refractivity contribution in [1.82, 2.24) is 15.3 Å². The molecule has 4 fully saturated rings. The van der Waals surface area contributed by atoms with Gasteiger partial charge in [0.1, 0.15) is 24.4 Å². The van der Waals surface area contributed by atoms with Gasteiger partial charge in [0.15, 0.2) is 0 Å². The normalized spacial score (nSPS) is 21.9. The molecule has 4 atom stereocenters. The van der Waals surface area contributed by atoms with Crippen LogP contribution < -0.4 is 5.32 Å². The number of nitrogens with one attached hydrogen (secondary N) is 1. The molecule has 5 rings (SSSR count). The van der Waals surface area contributed by atoms with E-state index in [9.17, 15) is 9.59 Å². The molecule has 4 heterocycles. The van der Waals surface area contributed by atoms with Crippen LogP contribution in [0.4, 0.5) is 0 Å². The summed E-state index contributed by atoms with van der Waals surface area (Å²) in [5, 5.41) is 7.03. The topological polar surface area (TPSA) is 140 Å². The van der Waals surface area contributed by atoms with Crippen LogP contribution in [0.2, 0.25) is 0 Å². The number of nitrogens with zero attached hydrogens (tertiary/aromatic N) is 2. The van der Waals surface area contributed by atoms with Crippen LogP contribution in [0.25, 0.3) is 0 Å². The van der Waals surface area contributed by atoms with Crippen LogP contribution in [-0.4, -0.2) is 152 Å². The fourth-order valence-electron chi connectivity index (χ4n) is 5.34. The quantitative estimate of drug-likeness (QED) is 0.0699. The highest BCUT2D eigenvalue weighted by Gasteiger charge is 2.27. The molecule has 13 heteroatoms. The number of hydrazine groups is 1. The van der Waals surface area contributed by atoms with Gasteiger partial charge >= 0.3 is 0 Å². The molecular weight excluding hydrogens is 634 g/mol. The number of hydrogen-bond donors (Lipinski definition) is 1. The number of unbranched alkanes of at least 4 members (excludes halogenated alkanes) is 4. The van der Waals surface area contributed by atoms with E-state index in [4.69, 9.17) is 37.9 Å². The summed E-state index contributed by atoms with van der Waals surface area (Å²) >= 11 is 0. The Morgan fingerprint density at radius 3 is 1.45 bits per heavy atom. The molecule has 0 aliphatic carbocycles. The van der Waals surface area contributed by atoms with Crippen molar-refractivity contribution in [2.24, 2.45) is 0 Å². The molecule has 1 N–H and O–H groups in total. The molecule has 13 nitrogen and oxygen atoms in total. The van der Waals surface area contributed by atoms with Gasteiger partial charge < -0.3 is 43.2 Å². The van der Waals surface area contributed by atoms with Crippen LogP contribution in [0.5, 0.6) is 0 Å². The van der Waals surface area contributed by atoms with Crippen LogP contribution >= 0.6 is 0 Å². The van der Waals surface area contributed by atoms with E-state index >= 15 is 0 Å². The zero-order valence-corrected chi connectivity index (χ0v) is 29.1. The lowest BCUT2D eigenvalue weighted by molar-refractivity contribution is -0.0170. The molecule has 49 heavy (non-hydrogen) atoms. The average Bonchev–Trinajstić information content (AvgIpc) is 3.93. The Balaban J connectivity index is 1.16. The van der Waals surface area contributed by atoms with Gasteiger partial charge in [-0.25, -0.2) is 5.01 Å².